The number of aliphatic hydroxyl groups is 1. The molecular formula is C11H8OS2. The SMILES string of the molecule is OC(C#Cc1ccsc1)c1ccsc1. The Hall–Kier alpha value is -1.08. The molecule has 0 aliphatic heterocycles. The van der Waals surface area contributed by atoms with Crippen LogP contribution in [-0.4, -0.2) is 5.11 Å². The van der Waals surface area contributed by atoms with Gasteiger partial charge in [-0.15, -0.1) is 0 Å². The summed E-state index contributed by atoms with van der Waals surface area (Å²) < 4.78 is 0. The van der Waals surface area contributed by atoms with Crippen LogP contribution in [0.4, 0.5) is 0 Å². The average molecular weight is 220 g/mol. The second kappa shape index (κ2) is 4.43. The predicted octanol–water partition coefficient (Wildman–Crippen LogP) is 2.89. The molecular weight excluding hydrogens is 212 g/mol. The Morgan fingerprint density at radius 3 is 2.57 bits per heavy atom. The van der Waals surface area contributed by atoms with Crippen LogP contribution in [0.3, 0.4) is 0 Å². The van der Waals surface area contributed by atoms with Gasteiger partial charge in [0.15, 0.2) is 0 Å². The molecule has 2 aromatic heterocycles. The van der Waals surface area contributed by atoms with Crippen LogP contribution in [0.5, 0.6) is 0 Å². The molecule has 70 valence electrons. The average Bonchev–Trinajstić information content (AvgIpc) is 2.87. The molecule has 0 saturated carbocycles. The number of aliphatic hydroxyl groups excluding tert-OH is 1. The molecule has 0 aromatic carbocycles. The van der Waals surface area contributed by atoms with E-state index in [0.717, 1.165) is 11.1 Å². The van der Waals surface area contributed by atoms with Crippen molar-refractivity contribution in [3.05, 3.63) is 44.8 Å². The zero-order chi connectivity index (χ0) is 9.80. The predicted molar refractivity (Wildman–Crippen MR) is 60.5 cm³/mol. The molecule has 0 spiro atoms. The number of rotatable bonds is 1. The smallest absolute Gasteiger partial charge is 0.141 e. The third kappa shape index (κ3) is 2.24. The molecule has 0 aliphatic rings. The fraction of sp³-hybridized carbons (Fsp3) is 0.0909. The zero-order valence-electron chi connectivity index (χ0n) is 7.31. The van der Waals surface area contributed by atoms with Crippen molar-refractivity contribution in [3.8, 4) is 11.8 Å². The van der Waals surface area contributed by atoms with Crippen LogP contribution in [0.25, 0.3) is 0 Å². The van der Waals surface area contributed by atoms with Gasteiger partial charge in [0, 0.05) is 16.5 Å². The maximum atomic E-state index is 9.64. The largest absolute Gasteiger partial charge is 0.376 e. The third-order valence-corrected chi connectivity index (χ3v) is 3.12. The van der Waals surface area contributed by atoms with Gasteiger partial charge >= 0.3 is 0 Å². The lowest BCUT2D eigenvalue weighted by Crippen LogP contribution is -1.89. The monoisotopic (exact) mass is 220 g/mol. The van der Waals surface area contributed by atoms with Crippen molar-refractivity contribution in [2.24, 2.45) is 0 Å². The van der Waals surface area contributed by atoms with E-state index in [-0.39, 0.29) is 0 Å². The summed E-state index contributed by atoms with van der Waals surface area (Å²) >= 11 is 3.17. The summed E-state index contributed by atoms with van der Waals surface area (Å²) in [6.07, 6.45) is -0.666. The van der Waals surface area contributed by atoms with Crippen LogP contribution in [0.15, 0.2) is 33.7 Å². The van der Waals surface area contributed by atoms with E-state index in [4.69, 9.17) is 0 Å². The van der Waals surface area contributed by atoms with Gasteiger partial charge < -0.3 is 5.11 Å². The molecule has 0 amide bonds. The van der Waals surface area contributed by atoms with E-state index in [1.807, 2.05) is 33.7 Å². The Kier molecular flexibility index (Phi) is 3.00. The lowest BCUT2D eigenvalue weighted by atomic mass is 10.2. The second-order valence-corrected chi connectivity index (χ2v) is 4.30. The fourth-order valence-electron chi connectivity index (χ4n) is 1.00. The van der Waals surface area contributed by atoms with Crippen molar-refractivity contribution in [2.75, 3.05) is 0 Å². The van der Waals surface area contributed by atoms with Crippen molar-refractivity contribution < 1.29 is 5.11 Å². The van der Waals surface area contributed by atoms with Crippen LogP contribution < -0.4 is 0 Å². The molecule has 2 rings (SSSR count). The van der Waals surface area contributed by atoms with Gasteiger partial charge in [-0.1, -0.05) is 11.8 Å². The molecule has 0 bridgehead atoms. The molecule has 2 heterocycles. The summed E-state index contributed by atoms with van der Waals surface area (Å²) in [6, 6.07) is 3.83. The van der Waals surface area contributed by atoms with Crippen molar-refractivity contribution >= 4 is 22.7 Å². The summed E-state index contributed by atoms with van der Waals surface area (Å²) in [5.41, 5.74) is 1.84. The highest BCUT2D eigenvalue weighted by atomic mass is 32.1. The van der Waals surface area contributed by atoms with E-state index >= 15 is 0 Å². The summed E-state index contributed by atoms with van der Waals surface area (Å²) in [7, 11) is 0. The first kappa shape index (κ1) is 9.47. The van der Waals surface area contributed by atoms with Gasteiger partial charge in [0.2, 0.25) is 0 Å². The van der Waals surface area contributed by atoms with Crippen LogP contribution in [0.1, 0.15) is 17.2 Å². The second-order valence-electron chi connectivity index (χ2n) is 2.74. The van der Waals surface area contributed by atoms with Crippen molar-refractivity contribution in [2.45, 2.75) is 6.10 Å². The van der Waals surface area contributed by atoms with E-state index < -0.39 is 6.10 Å². The van der Waals surface area contributed by atoms with Gasteiger partial charge in [-0.25, -0.2) is 0 Å². The molecule has 1 N–H and O–H groups in total. The van der Waals surface area contributed by atoms with E-state index in [2.05, 4.69) is 11.8 Å². The molecule has 1 atom stereocenters. The van der Waals surface area contributed by atoms with Gasteiger partial charge in [0.05, 0.1) is 0 Å². The molecule has 0 saturated heterocycles. The molecule has 0 radical (unpaired) electrons. The molecule has 1 nitrogen and oxygen atoms in total. The Balaban J connectivity index is 2.11. The molecule has 14 heavy (non-hydrogen) atoms. The fourth-order valence-corrected chi connectivity index (χ4v) is 2.27. The molecule has 1 unspecified atom stereocenters. The van der Waals surface area contributed by atoms with E-state index in [0.29, 0.717) is 0 Å². The van der Waals surface area contributed by atoms with Crippen LogP contribution in [-0.2, 0) is 0 Å². The number of hydrogen-bond acceptors (Lipinski definition) is 3. The molecule has 0 fully saturated rings. The Labute approximate surface area is 90.7 Å². The van der Waals surface area contributed by atoms with Gasteiger partial charge in [0.25, 0.3) is 0 Å². The van der Waals surface area contributed by atoms with E-state index in [9.17, 15) is 5.11 Å². The van der Waals surface area contributed by atoms with Gasteiger partial charge in [-0.3, -0.25) is 0 Å². The minimum absolute atomic E-state index is 0.666. The van der Waals surface area contributed by atoms with Crippen molar-refractivity contribution in [1.29, 1.82) is 0 Å². The maximum absolute atomic E-state index is 9.64. The van der Waals surface area contributed by atoms with Crippen LogP contribution in [0.2, 0.25) is 0 Å². The van der Waals surface area contributed by atoms with Crippen molar-refractivity contribution in [3.63, 3.8) is 0 Å². The first-order chi connectivity index (χ1) is 6.86. The summed E-state index contributed by atoms with van der Waals surface area (Å²) in [6.45, 7) is 0. The lowest BCUT2D eigenvalue weighted by molar-refractivity contribution is 0.239. The van der Waals surface area contributed by atoms with Gasteiger partial charge in [-0.05, 0) is 28.3 Å². The molecule has 2 aromatic rings. The first-order valence-electron chi connectivity index (χ1n) is 4.10. The zero-order valence-corrected chi connectivity index (χ0v) is 8.94. The Morgan fingerprint density at radius 2 is 1.93 bits per heavy atom. The minimum Gasteiger partial charge on any atom is -0.376 e. The topological polar surface area (TPSA) is 20.2 Å². The standard InChI is InChI=1S/C11H8OS2/c12-11(10-4-6-14-8-10)2-1-9-3-5-13-7-9/h3-8,11-12H. The summed E-state index contributed by atoms with van der Waals surface area (Å²) in [4.78, 5) is 0. The highest BCUT2D eigenvalue weighted by Crippen LogP contribution is 2.15. The Morgan fingerprint density at radius 1 is 1.14 bits per heavy atom. The molecule has 0 aliphatic carbocycles. The third-order valence-electron chi connectivity index (χ3n) is 1.73. The van der Waals surface area contributed by atoms with Crippen molar-refractivity contribution in [1.82, 2.24) is 0 Å². The Bertz CT molecular complexity index is 431. The summed E-state index contributed by atoms with van der Waals surface area (Å²) in [5.74, 6) is 5.73. The lowest BCUT2D eigenvalue weighted by Gasteiger charge is -1.96. The normalized spacial score (nSPS) is 11.8. The van der Waals surface area contributed by atoms with E-state index in [1.54, 1.807) is 22.7 Å². The van der Waals surface area contributed by atoms with Gasteiger partial charge in [-0.2, -0.15) is 22.7 Å². The first-order valence-corrected chi connectivity index (χ1v) is 5.99. The van der Waals surface area contributed by atoms with Crippen LogP contribution >= 0.6 is 22.7 Å². The van der Waals surface area contributed by atoms with Gasteiger partial charge in [0.1, 0.15) is 6.10 Å². The molecule has 3 heteroatoms. The highest BCUT2D eigenvalue weighted by molar-refractivity contribution is 7.08. The van der Waals surface area contributed by atoms with E-state index in [1.165, 1.54) is 0 Å². The highest BCUT2D eigenvalue weighted by Gasteiger charge is 2.02. The van der Waals surface area contributed by atoms with Crippen LogP contribution in [0, 0.1) is 11.8 Å². The number of hydrogen-bond donors (Lipinski definition) is 1. The quantitative estimate of drug-likeness (QED) is 0.733. The maximum Gasteiger partial charge on any atom is 0.141 e. The number of thiophene rings is 2. The summed E-state index contributed by atoms with van der Waals surface area (Å²) in [5, 5.41) is 17.4. The minimum atomic E-state index is -0.666.